The number of aromatic amines is 1. The van der Waals surface area contributed by atoms with E-state index < -0.39 is 11.7 Å². The van der Waals surface area contributed by atoms with Crippen LogP contribution >= 0.6 is 0 Å². The van der Waals surface area contributed by atoms with Gasteiger partial charge in [-0.1, -0.05) is 0 Å². The average molecular weight is 443 g/mol. The molecule has 1 aliphatic heterocycles. The monoisotopic (exact) mass is 443 g/mol. The zero-order valence-corrected chi connectivity index (χ0v) is 17.2. The maximum absolute atomic E-state index is 13.2. The van der Waals surface area contributed by atoms with Gasteiger partial charge < -0.3 is 15.2 Å². The Morgan fingerprint density at radius 1 is 1.31 bits per heavy atom. The van der Waals surface area contributed by atoms with Crippen LogP contribution in [0.5, 0.6) is 0 Å². The van der Waals surface area contributed by atoms with Gasteiger partial charge in [0.25, 0.3) is 0 Å². The number of fused-ring (bicyclic) bond motifs is 1. The summed E-state index contributed by atoms with van der Waals surface area (Å²) in [6.07, 6.45) is 0.765. The number of amides is 1. The van der Waals surface area contributed by atoms with Crippen LogP contribution in [0.1, 0.15) is 30.9 Å². The lowest BCUT2D eigenvalue weighted by Crippen LogP contribution is -2.38. The van der Waals surface area contributed by atoms with Crippen LogP contribution in [0.4, 0.5) is 19.1 Å². The van der Waals surface area contributed by atoms with E-state index in [4.69, 9.17) is 0 Å². The molecule has 1 saturated heterocycles. The molecule has 3 aromatic rings. The van der Waals surface area contributed by atoms with E-state index in [2.05, 4.69) is 25.3 Å². The molecule has 1 fully saturated rings. The molecule has 1 amide bonds. The van der Waals surface area contributed by atoms with Crippen LogP contribution in [0.25, 0.3) is 22.3 Å². The van der Waals surface area contributed by atoms with E-state index in [1.807, 2.05) is 11.0 Å². The van der Waals surface area contributed by atoms with Gasteiger partial charge in [0, 0.05) is 49.9 Å². The molecule has 32 heavy (non-hydrogen) atoms. The third kappa shape index (κ3) is 4.34. The van der Waals surface area contributed by atoms with Gasteiger partial charge in [-0.3, -0.25) is 4.79 Å². The zero-order chi connectivity index (χ0) is 22.9. The van der Waals surface area contributed by atoms with E-state index in [-0.39, 0.29) is 34.1 Å². The number of carbonyl (C=O) groups excluding carboxylic acids is 1. The van der Waals surface area contributed by atoms with Crippen molar-refractivity contribution in [1.82, 2.24) is 24.8 Å². The molecule has 0 aliphatic carbocycles. The fourth-order valence-corrected chi connectivity index (χ4v) is 3.80. The molecule has 4 rings (SSSR count). The molecule has 0 aromatic carbocycles. The number of hydrogen-bond acceptors (Lipinski definition) is 6. The van der Waals surface area contributed by atoms with E-state index in [0.717, 1.165) is 25.1 Å². The number of carbonyl (C=O) groups is 1. The van der Waals surface area contributed by atoms with Crippen molar-refractivity contribution in [3.8, 4) is 17.3 Å². The Morgan fingerprint density at radius 2 is 2.06 bits per heavy atom. The lowest BCUT2D eigenvalue weighted by Gasteiger charge is -2.31. The Hall–Kier alpha value is -3.68. The highest BCUT2D eigenvalue weighted by Crippen LogP contribution is 2.34. The van der Waals surface area contributed by atoms with Gasteiger partial charge in [0.2, 0.25) is 11.9 Å². The van der Waals surface area contributed by atoms with Crippen LogP contribution < -0.4 is 5.32 Å². The van der Waals surface area contributed by atoms with Crippen molar-refractivity contribution in [3.05, 3.63) is 35.8 Å². The fraction of sp³-hybridized carbons (Fsp3) is 0.381. The number of piperidine rings is 1. The minimum absolute atomic E-state index is 0.0679. The van der Waals surface area contributed by atoms with E-state index >= 15 is 0 Å². The number of aromatic nitrogens is 4. The number of nitrogens with zero attached hydrogens (tertiary/aromatic N) is 5. The van der Waals surface area contributed by atoms with Gasteiger partial charge in [0.05, 0.1) is 23.0 Å². The molecule has 0 atom stereocenters. The zero-order valence-electron chi connectivity index (χ0n) is 17.2. The van der Waals surface area contributed by atoms with E-state index in [0.29, 0.717) is 31.1 Å². The van der Waals surface area contributed by atoms with Gasteiger partial charge in [-0.2, -0.15) is 18.4 Å². The molecule has 11 heteroatoms. The third-order valence-electron chi connectivity index (χ3n) is 5.63. The minimum atomic E-state index is -4.54. The molecule has 8 nitrogen and oxygen atoms in total. The average Bonchev–Trinajstić information content (AvgIpc) is 3.20. The van der Waals surface area contributed by atoms with Crippen LogP contribution in [0.3, 0.4) is 0 Å². The maximum atomic E-state index is 13.2. The molecule has 1 aliphatic rings. The molecule has 4 heterocycles. The van der Waals surface area contributed by atoms with Gasteiger partial charge in [-0.25, -0.2) is 15.0 Å². The molecular formula is C21H20F3N7O. The summed E-state index contributed by atoms with van der Waals surface area (Å²) < 4.78 is 39.5. The van der Waals surface area contributed by atoms with Gasteiger partial charge in [-0.15, -0.1) is 0 Å². The molecule has 0 spiro atoms. The Kier molecular flexibility index (Phi) is 5.69. The van der Waals surface area contributed by atoms with Gasteiger partial charge in [-0.05, 0) is 24.8 Å². The van der Waals surface area contributed by atoms with Crippen LogP contribution in [0, 0.1) is 17.2 Å². The highest BCUT2D eigenvalue weighted by Gasteiger charge is 2.31. The van der Waals surface area contributed by atoms with Crippen molar-refractivity contribution in [1.29, 1.82) is 5.26 Å². The first kappa shape index (κ1) is 21.5. The number of anilines is 1. The van der Waals surface area contributed by atoms with Crippen molar-refractivity contribution in [2.45, 2.75) is 25.9 Å². The van der Waals surface area contributed by atoms with Gasteiger partial charge >= 0.3 is 6.18 Å². The van der Waals surface area contributed by atoms with Crippen LogP contribution in [0.2, 0.25) is 0 Å². The largest absolute Gasteiger partial charge is 0.417 e. The fourth-order valence-electron chi connectivity index (χ4n) is 3.80. The number of likely N-dealkylation sites (tertiary alicyclic amines) is 1. The minimum Gasteiger partial charge on any atom is -0.354 e. The first-order valence-electron chi connectivity index (χ1n) is 10.1. The number of rotatable bonds is 4. The summed E-state index contributed by atoms with van der Waals surface area (Å²) in [6.45, 7) is 3.55. The normalized spacial score (nSPS) is 15.0. The maximum Gasteiger partial charge on any atom is 0.417 e. The predicted octanol–water partition coefficient (Wildman–Crippen LogP) is 3.58. The highest BCUT2D eigenvalue weighted by atomic mass is 19.4. The molecule has 0 radical (unpaired) electrons. The number of pyridine rings is 1. The summed E-state index contributed by atoms with van der Waals surface area (Å²) >= 11 is 0. The number of alkyl halides is 3. The Balaban J connectivity index is 1.58. The third-order valence-corrected chi connectivity index (χ3v) is 5.63. The summed E-state index contributed by atoms with van der Waals surface area (Å²) in [4.78, 5) is 28.5. The summed E-state index contributed by atoms with van der Waals surface area (Å²) in [5.74, 6) is 0.681. The van der Waals surface area contributed by atoms with Crippen molar-refractivity contribution < 1.29 is 18.0 Å². The number of nitrogens with one attached hydrogen (secondary N) is 2. The lowest BCUT2D eigenvalue weighted by atomic mass is 9.97. The van der Waals surface area contributed by atoms with Crippen LogP contribution in [-0.4, -0.2) is 50.4 Å². The molecular weight excluding hydrogens is 423 g/mol. The van der Waals surface area contributed by atoms with Crippen LogP contribution in [0.15, 0.2) is 24.7 Å². The summed E-state index contributed by atoms with van der Waals surface area (Å²) in [7, 11) is 0. The second kappa shape index (κ2) is 8.45. The van der Waals surface area contributed by atoms with E-state index in [1.54, 1.807) is 6.92 Å². The lowest BCUT2D eigenvalue weighted by molar-refractivity contribution is -0.137. The van der Waals surface area contributed by atoms with E-state index in [1.165, 1.54) is 12.4 Å². The van der Waals surface area contributed by atoms with Gasteiger partial charge in [0.1, 0.15) is 11.7 Å². The topological polar surface area (TPSA) is 111 Å². The SMILES string of the molecule is CC(=O)N1CCC(CNc2ncc(C#N)c(-c3c[nH]c4ncc(C(F)(F)F)cc34)n2)CC1. The quantitative estimate of drug-likeness (QED) is 0.638. The van der Waals surface area contributed by atoms with Crippen LogP contribution in [-0.2, 0) is 11.0 Å². The molecule has 2 N–H and O–H groups in total. The predicted molar refractivity (Wildman–Crippen MR) is 110 cm³/mol. The number of nitriles is 1. The molecule has 0 saturated carbocycles. The first-order valence-corrected chi connectivity index (χ1v) is 10.1. The number of hydrogen-bond donors (Lipinski definition) is 2. The second-order valence-electron chi connectivity index (χ2n) is 7.72. The van der Waals surface area contributed by atoms with Crippen molar-refractivity contribution in [3.63, 3.8) is 0 Å². The second-order valence-corrected chi connectivity index (χ2v) is 7.72. The Labute approximate surface area is 181 Å². The molecule has 0 unspecified atom stereocenters. The molecule has 166 valence electrons. The molecule has 0 bridgehead atoms. The Morgan fingerprint density at radius 3 is 2.72 bits per heavy atom. The molecule has 3 aromatic heterocycles. The van der Waals surface area contributed by atoms with Gasteiger partial charge in [0.15, 0.2) is 0 Å². The smallest absolute Gasteiger partial charge is 0.354 e. The number of halogens is 3. The van der Waals surface area contributed by atoms with E-state index in [9.17, 15) is 23.2 Å². The Bertz CT molecular complexity index is 1190. The highest BCUT2D eigenvalue weighted by molar-refractivity contribution is 5.94. The standard InChI is InChI=1S/C21H20F3N7O/c1-12(32)31-4-2-13(3-5-31)8-28-20-29-9-14(7-25)18(30-20)17-11-27-19-16(17)6-15(10-26-19)21(22,23)24/h6,9-11,13H,2-5,8H2,1H3,(H,26,27)(H,28,29,30). The van der Waals surface area contributed by atoms with Crippen molar-refractivity contribution in [2.75, 3.05) is 25.0 Å². The van der Waals surface area contributed by atoms with Crippen molar-refractivity contribution >= 4 is 22.9 Å². The summed E-state index contributed by atoms with van der Waals surface area (Å²) in [6, 6.07) is 2.99. The first-order chi connectivity index (χ1) is 15.3. The van der Waals surface area contributed by atoms with Crippen molar-refractivity contribution in [2.24, 2.45) is 5.92 Å². The number of H-pyrrole nitrogens is 1. The summed E-state index contributed by atoms with van der Waals surface area (Å²) in [5.41, 5.74) is 0.0960. The summed E-state index contributed by atoms with van der Waals surface area (Å²) in [5, 5.41) is 12.9.